The number of aromatic nitrogens is 3. The Bertz CT molecular complexity index is 994. The van der Waals surface area contributed by atoms with Gasteiger partial charge in [-0.1, -0.05) is 23.7 Å². The van der Waals surface area contributed by atoms with Gasteiger partial charge in [-0.15, -0.1) is 0 Å². The van der Waals surface area contributed by atoms with E-state index >= 15 is 0 Å². The first-order chi connectivity index (χ1) is 11.3. The van der Waals surface area contributed by atoms with Crippen molar-refractivity contribution in [1.82, 2.24) is 14.8 Å². The highest BCUT2D eigenvalue weighted by Gasteiger charge is 2.18. The Kier molecular flexibility index (Phi) is 4.06. The SMILES string of the molecule is Cc1nn(-c2ccc(S(C)(=N)=O)cn2)c(O)c1-c1ccc(Cl)cc1. The zero-order chi connectivity index (χ0) is 17.5. The summed E-state index contributed by atoms with van der Waals surface area (Å²) in [5, 5.41) is 15.5. The summed E-state index contributed by atoms with van der Waals surface area (Å²) in [5.41, 5.74) is 2.03. The third-order valence-electron chi connectivity index (χ3n) is 3.56. The average molecular weight is 363 g/mol. The van der Waals surface area contributed by atoms with Crippen LogP contribution in [0.25, 0.3) is 16.9 Å². The molecule has 1 unspecified atom stereocenters. The topological polar surface area (TPSA) is 91.9 Å². The molecule has 8 heteroatoms. The minimum absolute atomic E-state index is 0.0434. The van der Waals surface area contributed by atoms with E-state index in [1.807, 2.05) is 0 Å². The Labute approximate surface area is 144 Å². The fourth-order valence-electron chi connectivity index (χ4n) is 2.36. The second-order valence-electron chi connectivity index (χ2n) is 5.40. The molecule has 24 heavy (non-hydrogen) atoms. The largest absolute Gasteiger partial charge is 0.493 e. The maximum Gasteiger partial charge on any atom is 0.223 e. The Balaban J connectivity index is 2.07. The van der Waals surface area contributed by atoms with Crippen molar-refractivity contribution in [1.29, 1.82) is 4.78 Å². The molecule has 2 aromatic heterocycles. The molecule has 0 saturated carbocycles. The smallest absolute Gasteiger partial charge is 0.223 e. The van der Waals surface area contributed by atoms with Crippen LogP contribution in [0.3, 0.4) is 0 Å². The number of hydrogen-bond acceptors (Lipinski definition) is 5. The molecule has 3 rings (SSSR count). The lowest BCUT2D eigenvalue weighted by atomic mass is 10.1. The van der Waals surface area contributed by atoms with Crippen LogP contribution in [0.4, 0.5) is 0 Å². The van der Waals surface area contributed by atoms with Crippen molar-refractivity contribution >= 4 is 21.3 Å². The van der Waals surface area contributed by atoms with E-state index < -0.39 is 9.73 Å². The van der Waals surface area contributed by atoms with Gasteiger partial charge in [0.15, 0.2) is 5.82 Å². The van der Waals surface area contributed by atoms with Crippen LogP contribution >= 0.6 is 11.6 Å². The summed E-state index contributed by atoms with van der Waals surface area (Å²) in [7, 11) is -2.83. The first-order valence-electron chi connectivity index (χ1n) is 7.02. The van der Waals surface area contributed by atoms with E-state index in [1.54, 1.807) is 43.3 Å². The quantitative estimate of drug-likeness (QED) is 0.744. The highest BCUT2D eigenvalue weighted by molar-refractivity contribution is 7.91. The fourth-order valence-corrected chi connectivity index (χ4v) is 3.07. The zero-order valence-electron chi connectivity index (χ0n) is 13.0. The number of hydrogen-bond donors (Lipinski definition) is 2. The molecule has 0 amide bonds. The van der Waals surface area contributed by atoms with Crippen LogP contribution in [0.2, 0.25) is 5.02 Å². The molecular formula is C16H15ClN4O2S. The maximum atomic E-state index is 11.7. The Morgan fingerprint density at radius 2 is 1.88 bits per heavy atom. The van der Waals surface area contributed by atoms with Gasteiger partial charge in [0.2, 0.25) is 5.88 Å². The van der Waals surface area contributed by atoms with Gasteiger partial charge in [-0.2, -0.15) is 9.78 Å². The third kappa shape index (κ3) is 3.00. The van der Waals surface area contributed by atoms with Gasteiger partial charge >= 0.3 is 0 Å². The van der Waals surface area contributed by atoms with Crippen LogP contribution in [-0.4, -0.2) is 30.3 Å². The number of benzene rings is 1. The molecule has 2 N–H and O–H groups in total. The van der Waals surface area contributed by atoms with Crippen LogP contribution < -0.4 is 0 Å². The zero-order valence-corrected chi connectivity index (χ0v) is 14.6. The van der Waals surface area contributed by atoms with Gasteiger partial charge in [-0.05, 0) is 36.8 Å². The molecule has 0 spiro atoms. The Morgan fingerprint density at radius 3 is 2.42 bits per heavy atom. The van der Waals surface area contributed by atoms with Gasteiger partial charge in [-0.3, -0.25) is 0 Å². The predicted molar refractivity (Wildman–Crippen MR) is 93.3 cm³/mol. The van der Waals surface area contributed by atoms with Crippen LogP contribution in [0.5, 0.6) is 5.88 Å². The van der Waals surface area contributed by atoms with E-state index in [0.29, 0.717) is 27.0 Å². The molecule has 1 atom stereocenters. The Hall–Kier alpha value is -2.38. The first-order valence-corrected chi connectivity index (χ1v) is 9.36. The fraction of sp³-hybridized carbons (Fsp3) is 0.125. The van der Waals surface area contributed by atoms with Gasteiger partial charge in [-0.25, -0.2) is 14.0 Å². The van der Waals surface area contributed by atoms with E-state index in [2.05, 4.69) is 10.1 Å². The highest BCUT2D eigenvalue weighted by atomic mass is 35.5. The van der Waals surface area contributed by atoms with Crippen LogP contribution in [0, 0.1) is 11.7 Å². The second kappa shape index (κ2) is 5.92. The van der Waals surface area contributed by atoms with Crippen LogP contribution in [-0.2, 0) is 9.73 Å². The molecule has 0 aliphatic carbocycles. The number of nitrogens with zero attached hydrogens (tertiary/aromatic N) is 3. The van der Waals surface area contributed by atoms with Gasteiger partial charge in [0.25, 0.3) is 0 Å². The molecule has 2 heterocycles. The molecular weight excluding hydrogens is 348 g/mol. The number of halogens is 1. The minimum atomic E-state index is -2.83. The summed E-state index contributed by atoms with van der Waals surface area (Å²) in [6.07, 6.45) is 2.70. The summed E-state index contributed by atoms with van der Waals surface area (Å²) in [6, 6.07) is 10.2. The predicted octanol–water partition coefficient (Wildman–Crippen LogP) is 3.64. The van der Waals surface area contributed by atoms with Gasteiger partial charge in [0.05, 0.1) is 25.9 Å². The molecule has 0 fully saturated rings. The number of pyridine rings is 1. The molecule has 0 radical (unpaired) electrons. The minimum Gasteiger partial charge on any atom is -0.493 e. The number of aromatic hydroxyl groups is 1. The molecule has 0 aliphatic rings. The number of nitrogens with one attached hydrogen (secondary N) is 1. The monoisotopic (exact) mass is 362 g/mol. The van der Waals surface area contributed by atoms with Gasteiger partial charge in [0, 0.05) is 17.5 Å². The molecule has 0 aliphatic heterocycles. The molecule has 6 nitrogen and oxygen atoms in total. The van der Waals surface area contributed by atoms with E-state index in [1.165, 1.54) is 17.1 Å². The molecule has 1 aromatic carbocycles. The van der Waals surface area contributed by atoms with E-state index in [0.717, 1.165) is 5.56 Å². The molecule has 3 aromatic rings. The standard InChI is InChI=1S/C16H15ClN4O2S/c1-10-15(11-3-5-12(17)6-4-11)16(22)21(20-10)14-8-7-13(9-19-14)24(2,18)23/h3-9,18,22H,1-2H3. The summed E-state index contributed by atoms with van der Waals surface area (Å²) in [5.74, 6) is 0.335. The van der Waals surface area contributed by atoms with Crippen molar-refractivity contribution < 1.29 is 9.32 Å². The Morgan fingerprint density at radius 1 is 1.21 bits per heavy atom. The first kappa shape index (κ1) is 16.5. The highest BCUT2D eigenvalue weighted by Crippen LogP contribution is 2.34. The van der Waals surface area contributed by atoms with Crippen molar-refractivity contribution in [2.45, 2.75) is 11.8 Å². The van der Waals surface area contributed by atoms with Crippen LogP contribution in [0.15, 0.2) is 47.5 Å². The van der Waals surface area contributed by atoms with Gasteiger partial charge < -0.3 is 5.11 Å². The van der Waals surface area contributed by atoms with Crippen molar-refractivity contribution in [3.63, 3.8) is 0 Å². The summed E-state index contributed by atoms with van der Waals surface area (Å²) >= 11 is 5.90. The maximum absolute atomic E-state index is 11.7. The van der Waals surface area contributed by atoms with E-state index in [9.17, 15) is 9.32 Å². The number of rotatable bonds is 3. The van der Waals surface area contributed by atoms with Crippen molar-refractivity contribution in [3.05, 3.63) is 53.3 Å². The molecule has 0 saturated heterocycles. The third-order valence-corrected chi connectivity index (χ3v) is 4.95. The molecule has 0 bridgehead atoms. The van der Waals surface area contributed by atoms with Crippen molar-refractivity contribution in [2.75, 3.05) is 6.26 Å². The van der Waals surface area contributed by atoms with E-state index in [-0.39, 0.29) is 5.88 Å². The lowest BCUT2D eigenvalue weighted by molar-refractivity contribution is 0.433. The summed E-state index contributed by atoms with van der Waals surface area (Å²) < 4.78 is 20.6. The normalized spacial score (nSPS) is 13.6. The second-order valence-corrected chi connectivity index (χ2v) is 7.99. The number of aryl methyl sites for hydroxylation is 1. The van der Waals surface area contributed by atoms with Gasteiger partial charge in [0.1, 0.15) is 0 Å². The van der Waals surface area contributed by atoms with Crippen molar-refractivity contribution in [3.8, 4) is 22.8 Å². The summed E-state index contributed by atoms with van der Waals surface area (Å²) in [6.45, 7) is 1.79. The van der Waals surface area contributed by atoms with Crippen molar-refractivity contribution in [2.24, 2.45) is 0 Å². The van der Waals surface area contributed by atoms with Crippen LogP contribution in [0.1, 0.15) is 5.69 Å². The lowest BCUT2D eigenvalue weighted by Gasteiger charge is -2.05. The summed E-state index contributed by atoms with van der Waals surface area (Å²) in [4.78, 5) is 4.49. The molecule has 124 valence electrons. The van der Waals surface area contributed by atoms with E-state index in [4.69, 9.17) is 16.4 Å². The lowest BCUT2D eigenvalue weighted by Crippen LogP contribution is -2.02. The average Bonchev–Trinajstić information content (AvgIpc) is 2.83.